The molecule has 21 heavy (non-hydrogen) atoms. The van der Waals surface area contributed by atoms with Crippen molar-refractivity contribution in [1.82, 2.24) is 10.2 Å². The first kappa shape index (κ1) is 15.2. The van der Waals surface area contributed by atoms with Crippen LogP contribution < -0.4 is 10.1 Å². The Morgan fingerprint density at radius 2 is 1.86 bits per heavy atom. The fraction of sp³-hybridized carbons (Fsp3) is 0.375. The Morgan fingerprint density at radius 3 is 2.38 bits per heavy atom. The number of ether oxygens (including phenoxy) is 1. The average Bonchev–Trinajstić information content (AvgIpc) is 2.37. The van der Waals surface area contributed by atoms with E-state index in [0.717, 1.165) is 5.69 Å². The van der Waals surface area contributed by atoms with Gasteiger partial charge < -0.3 is 10.1 Å². The Kier molecular flexibility index (Phi) is 4.11. The summed E-state index contributed by atoms with van der Waals surface area (Å²) in [7, 11) is 1.56. The summed E-state index contributed by atoms with van der Waals surface area (Å²) in [6, 6.07) is 6.48. The van der Waals surface area contributed by atoms with Crippen LogP contribution in [0.15, 0.2) is 24.3 Å². The lowest BCUT2D eigenvalue weighted by Crippen LogP contribution is -2.26. The van der Waals surface area contributed by atoms with Crippen LogP contribution in [0.4, 0.5) is 10.1 Å². The SMILES string of the molecule is COc1c(NC(C)(C)C)cc(F)cc1-c1ccc(C)nn1. The molecule has 0 atom stereocenters. The van der Waals surface area contributed by atoms with Crippen LogP contribution in [0, 0.1) is 12.7 Å². The summed E-state index contributed by atoms with van der Waals surface area (Å²) < 4.78 is 19.4. The molecule has 0 bridgehead atoms. The summed E-state index contributed by atoms with van der Waals surface area (Å²) in [5, 5.41) is 11.4. The maximum Gasteiger partial charge on any atom is 0.151 e. The number of halogens is 1. The average molecular weight is 289 g/mol. The lowest BCUT2D eigenvalue weighted by atomic mass is 10.0. The number of hydrogen-bond acceptors (Lipinski definition) is 4. The van der Waals surface area contributed by atoms with Gasteiger partial charge in [0.05, 0.1) is 24.2 Å². The number of methoxy groups -OCH3 is 1. The molecular weight excluding hydrogens is 269 g/mol. The number of aromatic nitrogens is 2. The minimum absolute atomic E-state index is 0.211. The number of nitrogens with zero attached hydrogens (tertiary/aromatic N) is 2. The zero-order valence-corrected chi connectivity index (χ0v) is 13.0. The van der Waals surface area contributed by atoms with Gasteiger partial charge in [-0.15, -0.1) is 0 Å². The Morgan fingerprint density at radius 1 is 1.14 bits per heavy atom. The van der Waals surface area contributed by atoms with Crippen LogP contribution in [0.5, 0.6) is 5.75 Å². The van der Waals surface area contributed by atoms with Gasteiger partial charge in [0, 0.05) is 17.2 Å². The van der Waals surface area contributed by atoms with Gasteiger partial charge in [0.25, 0.3) is 0 Å². The van der Waals surface area contributed by atoms with Crippen LogP contribution in [-0.4, -0.2) is 22.8 Å². The van der Waals surface area contributed by atoms with Gasteiger partial charge in [-0.1, -0.05) is 0 Å². The van der Waals surface area contributed by atoms with Gasteiger partial charge in [-0.3, -0.25) is 0 Å². The number of hydrogen-bond donors (Lipinski definition) is 1. The molecule has 0 saturated heterocycles. The fourth-order valence-corrected chi connectivity index (χ4v) is 2.04. The van der Waals surface area contributed by atoms with Crippen molar-refractivity contribution in [3.05, 3.63) is 35.8 Å². The van der Waals surface area contributed by atoms with Crippen LogP contribution in [0.25, 0.3) is 11.3 Å². The third-order valence-electron chi connectivity index (χ3n) is 2.84. The fourth-order valence-electron chi connectivity index (χ4n) is 2.04. The minimum atomic E-state index is -0.347. The molecule has 2 rings (SSSR count). The van der Waals surface area contributed by atoms with E-state index in [1.807, 2.05) is 33.8 Å². The van der Waals surface area contributed by atoms with E-state index in [1.165, 1.54) is 12.1 Å². The third-order valence-corrected chi connectivity index (χ3v) is 2.84. The van der Waals surface area contributed by atoms with E-state index < -0.39 is 0 Å². The van der Waals surface area contributed by atoms with Crippen molar-refractivity contribution in [2.24, 2.45) is 0 Å². The molecule has 0 spiro atoms. The van der Waals surface area contributed by atoms with Gasteiger partial charge in [-0.2, -0.15) is 10.2 Å². The molecule has 1 aromatic carbocycles. The topological polar surface area (TPSA) is 47.0 Å². The molecule has 0 aliphatic heterocycles. The van der Waals surface area contributed by atoms with E-state index in [4.69, 9.17) is 4.74 Å². The monoisotopic (exact) mass is 289 g/mol. The molecule has 1 N–H and O–H groups in total. The summed E-state index contributed by atoms with van der Waals surface area (Å²) >= 11 is 0. The highest BCUT2D eigenvalue weighted by molar-refractivity contribution is 5.76. The van der Waals surface area contributed by atoms with Gasteiger partial charge in [0.2, 0.25) is 0 Å². The molecule has 2 aromatic rings. The second-order valence-electron chi connectivity index (χ2n) is 5.97. The van der Waals surface area contributed by atoms with E-state index in [9.17, 15) is 4.39 Å². The van der Waals surface area contributed by atoms with Crippen molar-refractivity contribution in [2.75, 3.05) is 12.4 Å². The molecule has 1 aromatic heterocycles. The van der Waals surface area contributed by atoms with Gasteiger partial charge in [0.1, 0.15) is 5.82 Å². The predicted molar refractivity (Wildman–Crippen MR) is 82.1 cm³/mol. The van der Waals surface area contributed by atoms with E-state index >= 15 is 0 Å². The summed E-state index contributed by atoms with van der Waals surface area (Å²) in [6.45, 7) is 7.86. The summed E-state index contributed by atoms with van der Waals surface area (Å²) in [5.74, 6) is 0.212. The number of aryl methyl sites for hydroxylation is 1. The summed E-state index contributed by atoms with van der Waals surface area (Å²) in [6.07, 6.45) is 0. The second kappa shape index (κ2) is 5.68. The first-order valence-electron chi connectivity index (χ1n) is 6.76. The molecule has 0 fully saturated rings. The van der Waals surface area contributed by atoms with Gasteiger partial charge >= 0.3 is 0 Å². The zero-order valence-electron chi connectivity index (χ0n) is 13.0. The molecule has 1 heterocycles. The highest BCUT2D eigenvalue weighted by Crippen LogP contribution is 2.37. The summed E-state index contributed by atoms with van der Waals surface area (Å²) in [5.41, 5.74) is 2.35. The third kappa shape index (κ3) is 3.68. The largest absolute Gasteiger partial charge is 0.494 e. The number of benzene rings is 1. The Labute approximate surface area is 124 Å². The second-order valence-corrected chi connectivity index (χ2v) is 5.97. The van der Waals surface area contributed by atoms with E-state index in [1.54, 1.807) is 13.2 Å². The van der Waals surface area contributed by atoms with Crippen molar-refractivity contribution < 1.29 is 9.13 Å². The molecule has 112 valence electrons. The van der Waals surface area contributed by atoms with E-state index in [-0.39, 0.29) is 11.4 Å². The molecule has 0 amide bonds. The van der Waals surface area contributed by atoms with Crippen LogP contribution in [0.3, 0.4) is 0 Å². The lowest BCUT2D eigenvalue weighted by Gasteiger charge is -2.24. The molecule has 0 radical (unpaired) electrons. The normalized spacial score (nSPS) is 11.3. The quantitative estimate of drug-likeness (QED) is 0.933. The molecule has 0 unspecified atom stereocenters. The van der Waals surface area contributed by atoms with Crippen LogP contribution >= 0.6 is 0 Å². The van der Waals surface area contributed by atoms with Crippen molar-refractivity contribution in [3.8, 4) is 17.0 Å². The maximum absolute atomic E-state index is 13.9. The van der Waals surface area contributed by atoms with Gasteiger partial charge in [0.15, 0.2) is 5.75 Å². The molecule has 4 nitrogen and oxygen atoms in total. The molecular formula is C16H20FN3O. The van der Waals surface area contributed by atoms with Crippen LogP contribution in [0.1, 0.15) is 26.5 Å². The Balaban J connectivity index is 2.57. The highest BCUT2D eigenvalue weighted by atomic mass is 19.1. The first-order chi connectivity index (χ1) is 9.80. The van der Waals surface area contributed by atoms with Crippen LogP contribution in [0.2, 0.25) is 0 Å². The van der Waals surface area contributed by atoms with E-state index in [2.05, 4.69) is 15.5 Å². The number of rotatable bonds is 3. The van der Waals surface area contributed by atoms with Gasteiger partial charge in [-0.25, -0.2) is 4.39 Å². The molecule has 5 heteroatoms. The predicted octanol–water partition coefficient (Wildman–Crippen LogP) is 3.81. The number of nitrogens with one attached hydrogen (secondary N) is 1. The molecule has 0 aliphatic carbocycles. The van der Waals surface area contributed by atoms with Gasteiger partial charge in [-0.05, 0) is 45.9 Å². The summed E-state index contributed by atoms with van der Waals surface area (Å²) in [4.78, 5) is 0. The van der Waals surface area contributed by atoms with Crippen molar-refractivity contribution >= 4 is 5.69 Å². The standard InChI is InChI=1S/C16H20FN3O/c1-10-6-7-13(20-19-10)12-8-11(17)9-14(15(12)21-5)18-16(2,3)4/h6-9,18H,1-5H3. The minimum Gasteiger partial charge on any atom is -0.494 e. The van der Waals surface area contributed by atoms with Crippen molar-refractivity contribution in [1.29, 1.82) is 0 Å². The maximum atomic E-state index is 13.9. The Hall–Kier alpha value is -2.17. The molecule has 0 saturated carbocycles. The zero-order chi connectivity index (χ0) is 15.6. The van der Waals surface area contributed by atoms with Crippen molar-refractivity contribution in [2.45, 2.75) is 33.2 Å². The molecule has 0 aliphatic rings. The highest BCUT2D eigenvalue weighted by Gasteiger charge is 2.19. The van der Waals surface area contributed by atoms with E-state index in [0.29, 0.717) is 22.7 Å². The Bertz CT molecular complexity index is 633. The first-order valence-corrected chi connectivity index (χ1v) is 6.76. The lowest BCUT2D eigenvalue weighted by molar-refractivity contribution is 0.415. The van der Waals surface area contributed by atoms with Crippen LogP contribution in [-0.2, 0) is 0 Å². The smallest absolute Gasteiger partial charge is 0.151 e. The number of anilines is 1. The van der Waals surface area contributed by atoms with Crippen molar-refractivity contribution in [3.63, 3.8) is 0 Å².